The monoisotopic (exact) mass is 375 g/mol. The van der Waals surface area contributed by atoms with Crippen molar-refractivity contribution in [3.05, 3.63) is 41.0 Å². The van der Waals surface area contributed by atoms with Gasteiger partial charge in [-0.15, -0.1) is 0 Å². The number of hydrogen-bond donors (Lipinski definition) is 1. The Labute approximate surface area is 158 Å². The summed E-state index contributed by atoms with van der Waals surface area (Å²) in [7, 11) is 0. The molecule has 1 atom stereocenters. The minimum absolute atomic E-state index is 0.0531. The summed E-state index contributed by atoms with van der Waals surface area (Å²) in [5.41, 5.74) is 6.50. The smallest absolute Gasteiger partial charge is 0.351 e. The molecule has 0 aliphatic carbocycles. The molecule has 0 radical (unpaired) electrons. The number of esters is 2. The van der Waals surface area contributed by atoms with Crippen LogP contribution >= 0.6 is 0 Å². The van der Waals surface area contributed by atoms with Crippen molar-refractivity contribution in [3.8, 4) is 0 Å². The summed E-state index contributed by atoms with van der Waals surface area (Å²) in [6.45, 7) is 7.46. The molecule has 146 valence electrons. The maximum Gasteiger partial charge on any atom is 0.351 e. The van der Waals surface area contributed by atoms with Crippen LogP contribution in [0.15, 0.2) is 29.8 Å². The van der Waals surface area contributed by atoms with Gasteiger partial charge in [0.1, 0.15) is 6.10 Å². The molecule has 1 aliphatic heterocycles. The van der Waals surface area contributed by atoms with Gasteiger partial charge in [-0.3, -0.25) is 4.79 Å². The second-order valence-electron chi connectivity index (χ2n) is 6.22. The van der Waals surface area contributed by atoms with Gasteiger partial charge in [-0.1, -0.05) is 38.1 Å². The number of ketones is 1. The molecule has 1 heterocycles. The third kappa shape index (κ3) is 4.19. The van der Waals surface area contributed by atoms with Crippen LogP contribution in [0.2, 0.25) is 0 Å². The third-order valence-corrected chi connectivity index (χ3v) is 4.58. The zero-order valence-corrected chi connectivity index (χ0v) is 16.0. The van der Waals surface area contributed by atoms with Crippen molar-refractivity contribution in [1.29, 1.82) is 0 Å². The molecule has 0 amide bonds. The van der Waals surface area contributed by atoms with E-state index in [2.05, 4.69) is 0 Å². The van der Waals surface area contributed by atoms with Crippen molar-refractivity contribution >= 4 is 23.4 Å². The fourth-order valence-electron chi connectivity index (χ4n) is 2.82. The van der Waals surface area contributed by atoms with E-state index >= 15 is 0 Å². The van der Waals surface area contributed by atoms with Crippen LogP contribution < -0.4 is 5.73 Å². The number of rotatable bonds is 7. The molecule has 1 unspecified atom stereocenters. The van der Waals surface area contributed by atoms with E-state index in [1.807, 2.05) is 6.92 Å². The van der Waals surface area contributed by atoms with E-state index in [9.17, 15) is 14.4 Å². The van der Waals surface area contributed by atoms with Gasteiger partial charge >= 0.3 is 11.9 Å². The van der Waals surface area contributed by atoms with E-state index in [0.717, 1.165) is 0 Å². The first-order valence-corrected chi connectivity index (χ1v) is 9.01. The molecule has 7 heteroatoms. The summed E-state index contributed by atoms with van der Waals surface area (Å²) in [5.74, 6) is -3.03. The Kier molecular flexibility index (Phi) is 6.38. The highest BCUT2D eigenvalue weighted by atomic mass is 16.7. The molecule has 0 aromatic heterocycles. The number of benzene rings is 1. The fraction of sp³-hybridized carbons (Fsp3) is 0.450. The van der Waals surface area contributed by atoms with Crippen LogP contribution in [-0.2, 0) is 23.8 Å². The fourth-order valence-corrected chi connectivity index (χ4v) is 2.82. The second kappa shape index (κ2) is 8.35. The van der Waals surface area contributed by atoms with Crippen molar-refractivity contribution in [1.82, 2.24) is 0 Å². The summed E-state index contributed by atoms with van der Waals surface area (Å²) >= 11 is 0. The average Bonchev–Trinajstić information content (AvgIpc) is 2.66. The van der Waals surface area contributed by atoms with Crippen LogP contribution in [0.4, 0.5) is 0 Å². The van der Waals surface area contributed by atoms with Crippen LogP contribution in [0.1, 0.15) is 56.5 Å². The van der Waals surface area contributed by atoms with Gasteiger partial charge in [-0.2, -0.15) is 0 Å². The highest BCUT2D eigenvalue weighted by molar-refractivity contribution is 6.20. The van der Waals surface area contributed by atoms with Gasteiger partial charge in [-0.25, -0.2) is 9.59 Å². The molecular weight excluding hydrogens is 350 g/mol. The first kappa shape index (κ1) is 20.6. The molecule has 27 heavy (non-hydrogen) atoms. The summed E-state index contributed by atoms with van der Waals surface area (Å²) in [6.07, 6.45) is 0.141. The molecule has 2 N–H and O–H groups in total. The van der Waals surface area contributed by atoms with Crippen LogP contribution in [0.25, 0.3) is 5.70 Å². The number of hydrogen-bond acceptors (Lipinski definition) is 7. The predicted octanol–water partition coefficient (Wildman–Crippen LogP) is 2.58. The molecule has 1 aromatic rings. The van der Waals surface area contributed by atoms with Gasteiger partial charge in [0.25, 0.3) is 5.79 Å². The highest BCUT2D eigenvalue weighted by Gasteiger charge is 2.44. The Morgan fingerprint density at radius 3 is 1.96 bits per heavy atom. The Bertz CT molecular complexity index is 739. The molecule has 1 aliphatic rings. The molecule has 0 saturated carbocycles. The van der Waals surface area contributed by atoms with Crippen molar-refractivity contribution in [2.45, 2.75) is 52.4 Å². The van der Waals surface area contributed by atoms with Gasteiger partial charge in [-0.05, 0) is 19.4 Å². The summed E-state index contributed by atoms with van der Waals surface area (Å²) < 4.78 is 15.9. The van der Waals surface area contributed by atoms with Crippen molar-refractivity contribution in [2.24, 2.45) is 5.73 Å². The minimum Gasteiger partial charge on any atom is -0.419 e. The van der Waals surface area contributed by atoms with E-state index in [-0.39, 0.29) is 17.1 Å². The lowest BCUT2D eigenvalue weighted by molar-refractivity contribution is -0.237. The second-order valence-corrected chi connectivity index (χ2v) is 6.22. The standard InChI is InChI=1S/C20H25NO6/c1-5-20(6-2)26-18(23)15(19(24)27-20)16(21)13-8-10-14(11-9-13)17(22)12(4)25-7-3/h8-12H,5-7,21H2,1-4H3. The van der Waals surface area contributed by atoms with Crippen LogP contribution in [0.5, 0.6) is 0 Å². The van der Waals surface area contributed by atoms with Gasteiger partial charge in [0.05, 0.1) is 5.70 Å². The van der Waals surface area contributed by atoms with Crippen LogP contribution in [-0.4, -0.2) is 36.2 Å². The Balaban J connectivity index is 2.29. The Morgan fingerprint density at radius 2 is 1.52 bits per heavy atom. The zero-order chi connectivity index (χ0) is 20.2. The lowest BCUT2D eigenvalue weighted by Crippen LogP contribution is -2.46. The van der Waals surface area contributed by atoms with Gasteiger partial charge < -0.3 is 19.9 Å². The zero-order valence-electron chi connectivity index (χ0n) is 16.0. The molecule has 7 nitrogen and oxygen atoms in total. The Hall–Kier alpha value is -2.67. The molecule has 1 saturated heterocycles. The molecule has 1 fully saturated rings. The maximum atomic E-state index is 12.4. The summed E-state index contributed by atoms with van der Waals surface area (Å²) in [4.78, 5) is 37.0. The molecule has 0 bridgehead atoms. The maximum absolute atomic E-state index is 12.4. The summed E-state index contributed by atoms with van der Waals surface area (Å²) in [6, 6.07) is 6.28. The van der Waals surface area contributed by atoms with Crippen LogP contribution in [0.3, 0.4) is 0 Å². The first-order chi connectivity index (χ1) is 12.8. The van der Waals surface area contributed by atoms with Crippen molar-refractivity contribution in [2.75, 3.05) is 6.61 Å². The number of carbonyl (C=O) groups excluding carboxylic acids is 3. The average molecular weight is 375 g/mol. The van der Waals surface area contributed by atoms with Crippen molar-refractivity contribution < 1.29 is 28.6 Å². The van der Waals surface area contributed by atoms with Gasteiger partial charge in [0.15, 0.2) is 11.4 Å². The number of Topliss-reactive ketones (excluding diaryl/α,β-unsaturated/α-hetero) is 1. The highest BCUT2D eigenvalue weighted by Crippen LogP contribution is 2.31. The molecule has 2 rings (SSSR count). The number of nitrogens with two attached hydrogens (primary N) is 1. The first-order valence-electron chi connectivity index (χ1n) is 9.01. The number of carbonyl (C=O) groups is 3. The minimum atomic E-state index is -1.25. The lowest BCUT2D eigenvalue weighted by Gasteiger charge is -2.35. The van der Waals surface area contributed by atoms with E-state index in [1.165, 1.54) is 0 Å². The largest absolute Gasteiger partial charge is 0.419 e. The lowest BCUT2D eigenvalue weighted by atomic mass is 10.0. The van der Waals surface area contributed by atoms with Gasteiger partial charge in [0, 0.05) is 25.0 Å². The number of ether oxygens (including phenoxy) is 3. The number of cyclic esters (lactones) is 2. The van der Waals surface area contributed by atoms with Gasteiger partial charge in [0.2, 0.25) is 0 Å². The van der Waals surface area contributed by atoms with Crippen molar-refractivity contribution in [3.63, 3.8) is 0 Å². The Morgan fingerprint density at radius 1 is 1.04 bits per heavy atom. The molecular formula is C20H25NO6. The van der Waals surface area contributed by atoms with E-state index in [0.29, 0.717) is 30.6 Å². The topological polar surface area (TPSA) is 105 Å². The quantitative estimate of drug-likeness (QED) is 0.338. The van der Waals surface area contributed by atoms with E-state index in [4.69, 9.17) is 19.9 Å². The normalized spacial score (nSPS) is 17.1. The van der Waals surface area contributed by atoms with E-state index < -0.39 is 23.8 Å². The van der Waals surface area contributed by atoms with Crippen LogP contribution in [0, 0.1) is 0 Å². The SMILES string of the molecule is CCOC(C)C(=O)c1ccc(C(N)=C2C(=O)OC(CC)(CC)OC2=O)cc1. The molecule has 0 spiro atoms. The predicted molar refractivity (Wildman–Crippen MR) is 98.5 cm³/mol. The molecule has 1 aromatic carbocycles. The third-order valence-electron chi connectivity index (χ3n) is 4.58. The van der Waals surface area contributed by atoms with E-state index in [1.54, 1.807) is 45.0 Å². The summed E-state index contributed by atoms with van der Waals surface area (Å²) in [5, 5.41) is 0.